The van der Waals surface area contributed by atoms with Gasteiger partial charge in [0.15, 0.2) is 11.5 Å². The lowest BCUT2D eigenvalue weighted by Crippen LogP contribution is -2.09. The Hall–Kier alpha value is -3.15. The molecule has 0 aromatic heterocycles. The first kappa shape index (κ1) is 19.2. The van der Waals surface area contributed by atoms with Gasteiger partial charge in [-0.25, -0.2) is 4.79 Å². The number of methoxy groups -OCH3 is 3. The summed E-state index contributed by atoms with van der Waals surface area (Å²) in [4.78, 5) is 11.1. The number of ether oxygens (including phenoxy) is 5. The van der Waals surface area contributed by atoms with E-state index >= 15 is 0 Å². The Labute approximate surface area is 152 Å². The molecule has 0 saturated carbocycles. The van der Waals surface area contributed by atoms with Gasteiger partial charge < -0.3 is 23.7 Å². The molecule has 6 heteroatoms. The minimum absolute atomic E-state index is 0.361. The average Bonchev–Trinajstić information content (AvgIpc) is 2.70. The van der Waals surface area contributed by atoms with Crippen LogP contribution in [0.15, 0.2) is 48.5 Å². The van der Waals surface area contributed by atoms with Crippen molar-refractivity contribution >= 4 is 12.0 Å². The maximum Gasteiger partial charge on any atom is 0.330 e. The average molecular weight is 358 g/mol. The number of carbonyl (C=O) groups is 1. The summed E-state index contributed by atoms with van der Waals surface area (Å²) < 4.78 is 26.3. The molecule has 2 aromatic carbocycles. The van der Waals surface area contributed by atoms with Gasteiger partial charge in [-0.2, -0.15) is 0 Å². The number of benzene rings is 2. The van der Waals surface area contributed by atoms with Crippen LogP contribution in [0.1, 0.15) is 5.56 Å². The molecule has 2 rings (SSSR count). The lowest BCUT2D eigenvalue weighted by molar-refractivity contribution is -0.134. The van der Waals surface area contributed by atoms with E-state index in [1.165, 1.54) is 13.2 Å². The van der Waals surface area contributed by atoms with Crippen molar-refractivity contribution in [2.45, 2.75) is 0 Å². The predicted molar refractivity (Wildman–Crippen MR) is 98.0 cm³/mol. The molecule has 0 unspecified atom stereocenters. The molecule has 0 atom stereocenters. The third-order valence-electron chi connectivity index (χ3n) is 3.47. The second-order valence-corrected chi connectivity index (χ2v) is 5.14. The maximum absolute atomic E-state index is 11.1. The van der Waals surface area contributed by atoms with Crippen molar-refractivity contribution in [2.75, 3.05) is 34.5 Å². The fourth-order valence-corrected chi connectivity index (χ4v) is 2.12. The first-order valence-electron chi connectivity index (χ1n) is 8.00. The zero-order valence-corrected chi connectivity index (χ0v) is 15.1. The lowest BCUT2D eigenvalue weighted by Gasteiger charge is -2.12. The molecular formula is C20H22O6. The van der Waals surface area contributed by atoms with Crippen LogP contribution >= 0.6 is 0 Å². The van der Waals surface area contributed by atoms with Gasteiger partial charge in [0.25, 0.3) is 0 Å². The predicted octanol–water partition coefficient (Wildman–Crippen LogP) is 3.35. The molecule has 0 N–H and O–H groups in total. The van der Waals surface area contributed by atoms with Crippen molar-refractivity contribution in [2.24, 2.45) is 0 Å². The van der Waals surface area contributed by atoms with Crippen LogP contribution in [0, 0.1) is 0 Å². The Morgan fingerprint density at radius 1 is 0.846 bits per heavy atom. The van der Waals surface area contributed by atoms with Gasteiger partial charge in [-0.1, -0.05) is 6.07 Å². The van der Waals surface area contributed by atoms with Gasteiger partial charge in [-0.05, 0) is 48.0 Å². The van der Waals surface area contributed by atoms with Gasteiger partial charge in [0.2, 0.25) is 0 Å². The highest BCUT2D eigenvalue weighted by Crippen LogP contribution is 2.28. The van der Waals surface area contributed by atoms with Crippen molar-refractivity contribution in [3.8, 4) is 23.0 Å². The molecule has 0 aliphatic carbocycles. The Balaban J connectivity index is 1.88. The molecule has 0 spiro atoms. The van der Waals surface area contributed by atoms with E-state index in [9.17, 15) is 4.79 Å². The van der Waals surface area contributed by atoms with Gasteiger partial charge in [-0.3, -0.25) is 0 Å². The van der Waals surface area contributed by atoms with Gasteiger partial charge in [0, 0.05) is 6.08 Å². The van der Waals surface area contributed by atoms with Crippen LogP contribution in [-0.2, 0) is 9.53 Å². The molecule has 138 valence electrons. The van der Waals surface area contributed by atoms with Crippen LogP contribution in [0.5, 0.6) is 23.0 Å². The third-order valence-corrected chi connectivity index (χ3v) is 3.47. The summed E-state index contributed by atoms with van der Waals surface area (Å²) in [5.41, 5.74) is 0.800. The molecular weight excluding hydrogens is 336 g/mol. The molecule has 0 radical (unpaired) electrons. The Kier molecular flexibility index (Phi) is 7.36. The lowest BCUT2D eigenvalue weighted by atomic mass is 10.2. The van der Waals surface area contributed by atoms with Crippen LogP contribution in [0.25, 0.3) is 6.08 Å². The summed E-state index contributed by atoms with van der Waals surface area (Å²) in [6.45, 7) is 0.749. The summed E-state index contributed by atoms with van der Waals surface area (Å²) in [5.74, 6) is 2.27. The third kappa shape index (κ3) is 5.73. The normalized spacial score (nSPS) is 10.4. The summed E-state index contributed by atoms with van der Waals surface area (Å²) in [7, 11) is 4.51. The van der Waals surface area contributed by atoms with E-state index in [0.29, 0.717) is 24.7 Å². The molecule has 0 bridgehead atoms. The standard InChI is InChI=1S/C20H22O6/c1-22-16-6-8-17(9-7-16)25-12-13-26-18-10-4-15(14-19(18)23-2)5-11-20(21)24-3/h4-11,14H,12-13H2,1-3H3/b11-5+. The zero-order valence-electron chi connectivity index (χ0n) is 15.1. The molecule has 26 heavy (non-hydrogen) atoms. The van der Waals surface area contributed by atoms with Crippen LogP contribution in [0.4, 0.5) is 0 Å². The van der Waals surface area contributed by atoms with E-state index in [-0.39, 0.29) is 0 Å². The van der Waals surface area contributed by atoms with Crippen LogP contribution in [-0.4, -0.2) is 40.5 Å². The van der Waals surface area contributed by atoms with Crippen molar-refractivity contribution < 1.29 is 28.5 Å². The molecule has 0 saturated heterocycles. The Bertz CT molecular complexity index is 736. The van der Waals surface area contributed by atoms with Gasteiger partial charge in [0.05, 0.1) is 21.3 Å². The Morgan fingerprint density at radius 2 is 1.54 bits per heavy atom. The first-order chi connectivity index (χ1) is 12.7. The quantitative estimate of drug-likeness (QED) is 0.389. The number of rotatable bonds is 9. The zero-order chi connectivity index (χ0) is 18.8. The van der Waals surface area contributed by atoms with E-state index in [2.05, 4.69) is 4.74 Å². The smallest absolute Gasteiger partial charge is 0.330 e. The van der Waals surface area contributed by atoms with E-state index in [1.807, 2.05) is 30.3 Å². The summed E-state index contributed by atoms with van der Waals surface area (Å²) >= 11 is 0. The van der Waals surface area contributed by atoms with Crippen LogP contribution in [0.2, 0.25) is 0 Å². The number of hydrogen-bond acceptors (Lipinski definition) is 6. The summed E-state index contributed by atoms with van der Waals surface area (Å²) in [5, 5.41) is 0. The Morgan fingerprint density at radius 3 is 2.19 bits per heavy atom. The highest BCUT2D eigenvalue weighted by molar-refractivity contribution is 5.87. The van der Waals surface area contributed by atoms with Crippen LogP contribution in [0.3, 0.4) is 0 Å². The first-order valence-corrected chi connectivity index (χ1v) is 8.00. The fourth-order valence-electron chi connectivity index (χ4n) is 2.12. The second kappa shape index (κ2) is 9.98. The molecule has 0 aliphatic heterocycles. The molecule has 0 amide bonds. The van der Waals surface area contributed by atoms with Gasteiger partial charge in [0.1, 0.15) is 24.7 Å². The van der Waals surface area contributed by atoms with Crippen molar-refractivity contribution in [3.05, 3.63) is 54.1 Å². The largest absolute Gasteiger partial charge is 0.497 e. The van der Waals surface area contributed by atoms with Crippen molar-refractivity contribution in [1.29, 1.82) is 0 Å². The van der Waals surface area contributed by atoms with Gasteiger partial charge in [-0.15, -0.1) is 0 Å². The van der Waals surface area contributed by atoms with E-state index in [0.717, 1.165) is 17.1 Å². The van der Waals surface area contributed by atoms with Crippen LogP contribution < -0.4 is 18.9 Å². The molecule has 2 aromatic rings. The summed E-state index contributed by atoms with van der Waals surface area (Å²) in [6.07, 6.45) is 2.99. The number of esters is 1. The highest BCUT2D eigenvalue weighted by atomic mass is 16.5. The monoisotopic (exact) mass is 358 g/mol. The van der Waals surface area contributed by atoms with Gasteiger partial charge >= 0.3 is 5.97 Å². The van der Waals surface area contributed by atoms with E-state index in [4.69, 9.17) is 18.9 Å². The molecule has 0 heterocycles. The minimum Gasteiger partial charge on any atom is -0.497 e. The molecule has 0 fully saturated rings. The fraction of sp³-hybridized carbons (Fsp3) is 0.250. The maximum atomic E-state index is 11.1. The highest BCUT2D eigenvalue weighted by Gasteiger charge is 2.05. The molecule has 6 nitrogen and oxygen atoms in total. The van der Waals surface area contributed by atoms with Crippen molar-refractivity contribution in [3.63, 3.8) is 0 Å². The molecule has 0 aliphatic rings. The SMILES string of the molecule is COC(=O)/C=C/c1ccc(OCCOc2ccc(OC)cc2)c(OC)c1. The second-order valence-electron chi connectivity index (χ2n) is 5.14. The minimum atomic E-state index is -0.417. The van der Waals surface area contributed by atoms with E-state index < -0.39 is 5.97 Å². The number of hydrogen-bond donors (Lipinski definition) is 0. The number of carbonyl (C=O) groups excluding carboxylic acids is 1. The van der Waals surface area contributed by atoms with Crippen molar-refractivity contribution in [1.82, 2.24) is 0 Å². The topological polar surface area (TPSA) is 63.2 Å². The van der Waals surface area contributed by atoms with E-state index in [1.54, 1.807) is 32.4 Å². The summed E-state index contributed by atoms with van der Waals surface area (Å²) in [6, 6.07) is 12.7.